The van der Waals surface area contributed by atoms with Gasteiger partial charge >= 0.3 is 0 Å². The second kappa shape index (κ2) is 7.71. The van der Waals surface area contributed by atoms with Crippen molar-refractivity contribution in [1.29, 1.82) is 0 Å². The van der Waals surface area contributed by atoms with Crippen molar-refractivity contribution in [3.05, 3.63) is 29.8 Å². The van der Waals surface area contributed by atoms with Crippen LogP contribution in [0.25, 0.3) is 0 Å². The summed E-state index contributed by atoms with van der Waals surface area (Å²) in [6.45, 7) is 5.96. The average Bonchev–Trinajstić information content (AvgIpc) is 2.44. The van der Waals surface area contributed by atoms with Gasteiger partial charge in [-0.15, -0.1) is 0 Å². The van der Waals surface area contributed by atoms with E-state index >= 15 is 0 Å². The standard InChI is InChI=1S/C15H25N3O3S/c1-11(2)17-15(19)10-16-12(3)13-6-8-14(9-7-13)22(20,21)18(4)5/h6-9,11-12,16H,10H2,1-5H3,(H,17,19)/t12-/m0/s1. The number of carbonyl (C=O) groups excluding carboxylic acids is 1. The third kappa shape index (κ3) is 5.08. The smallest absolute Gasteiger partial charge is 0.242 e. The maximum atomic E-state index is 12.0. The number of hydrogen-bond donors (Lipinski definition) is 2. The Kier molecular flexibility index (Phi) is 6.52. The van der Waals surface area contributed by atoms with Gasteiger partial charge < -0.3 is 10.6 Å². The number of nitrogens with zero attached hydrogens (tertiary/aromatic N) is 1. The van der Waals surface area contributed by atoms with Gasteiger partial charge in [0.1, 0.15) is 0 Å². The van der Waals surface area contributed by atoms with Crippen LogP contribution in [0.5, 0.6) is 0 Å². The first kappa shape index (κ1) is 18.6. The number of nitrogens with one attached hydrogen (secondary N) is 2. The number of carbonyl (C=O) groups is 1. The van der Waals surface area contributed by atoms with Crippen LogP contribution < -0.4 is 10.6 Å². The Hall–Kier alpha value is -1.44. The number of amides is 1. The fraction of sp³-hybridized carbons (Fsp3) is 0.533. The van der Waals surface area contributed by atoms with Crippen LogP contribution in [0, 0.1) is 0 Å². The third-order valence-corrected chi connectivity index (χ3v) is 5.01. The molecular weight excluding hydrogens is 302 g/mol. The van der Waals surface area contributed by atoms with Gasteiger partial charge in [0.05, 0.1) is 11.4 Å². The van der Waals surface area contributed by atoms with Crippen LogP contribution in [-0.4, -0.2) is 45.3 Å². The number of benzene rings is 1. The van der Waals surface area contributed by atoms with Gasteiger partial charge in [0, 0.05) is 26.2 Å². The lowest BCUT2D eigenvalue weighted by atomic mass is 10.1. The minimum absolute atomic E-state index is 0.0472. The molecule has 0 unspecified atom stereocenters. The van der Waals surface area contributed by atoms with E-state index in [0.717, 1.165) is 5.56 Å². The van der Waals surface area contributed by atoms with Crippen molar-refractivity contribution in [3.63, 3.8) is 0 Å². The van der Waals surface area contributed by atoms with Crippen LogP contribution in [0.4, 0.5) is 0 Å². The van der Waals surface area contributed by atoms with Crippen molar-refractivity contribution in [2.75, 3.05) is 20.6 Å². The molecule has 0 bridgehead atoms. The summed E-state index contributed by atoms with van der Waals surface area (Å²) in [6.07, 6.45) is 0. The van der Waals surface area contributed by atoms with Crippen molar-refractivity contribution in [2.24, 2.45) is 0 Å². The molecule has 0 saturated heterocycles. The topological polar surface area (TPSA) is 78.5 Å². The van der Waals surface area contributed by atoms with Gasteiger partial charge in [-0.1, -0.05) is 12.1 Å². The Morgan fingerprint density at radius 2 is 1.68 bits per heavy atom. The van der Waals surface area contributed by atoms with Crippen LogP contribution in [0.15, 0.2) is 29.2 Å². The fourth-order valence-electron chi connectivity index (χ4n) is 1.88. The molecule has 124 valence electrons. The summed E-state index contributed by atoms with van der Waals surface area (Å²) in [7, 11) is -0.408. The molecule has 7 heteroatoms. The quantitative estimate of drug-likeness (QED) is 0.786. The molecule has 6 nitrogen and oxygen atoms in total. The minimum Gasteiger partial charge on any atom is -0.353 e. The van der Waals surface area contributed by atoms with Crippen LogP contribution >= 0.6 is 0 Å². The van der Waals surface area contributed by atoms with E-state index in [9.17, 15) is 13.2 Å². The van der Waals surface area contributed by atoms with Crippen molar-refractivity contribution in [1.82, 2.24) is 14.9 Å². The van der Waals surface area contributed by atoms with Gasteiger partial charge in [-0.25, -0.2) is 12.7 Å². The summed E-state index contributed by atoms with van der Waals surface area (Å²) in [5, 5.41) is 5.92. The molecule has 0 saturated carbocycles. The van der Waals surface area contributed by atoms with Crippen LogP contribution in [0.2, 0.25) is 0 Å². The summed E-state index contributed by atoms with van der Waals surface area (Å²) in [4.78, 5) is 11.8. The van der Waals surface area contributed by atoms with Crippen molar-refractivity contribution in [2.45, 2.75) is 37.8 Å². The first-order chi connectivity index (χ1) is 10.1. The van der Waals surface area contributed by atoms with E-state index in [1.165, 1.54) is 18.4 Å². The highest BCUT2D eigenvalue weighted by molar-refractivity contribution is 7.89. The Bertz CT molecular complexity index is 595. The largest absolute Gasteiger partial charge is 0.353 e. The van der Waals surface area contributed by atoms with Crippen LogP contribution in [-0.2, 0) is 14.8 Å². The normalized spacial score (nSPS) is 13.4. The number of rotatable bonds is 7. The molecule has 1 aromatic carbocycles. The number of sulfonamides is 1. The highest BCUT2D eigenvalue weighted by Crippen LogP contribution is 2.17. The van der Waals surface area contributed by atoms with E-state index in [2.05, 4.69) is 10.6 Å². The first-order valence-electron chi connectivity index (χ1n) is 7.20. The van der Waals surface area contributed by atoms with E-state index in [1.54, 1.807) is 24.3 Å². The maximum absolute atomic E-state index is 12.0. The Morgan fingerprint density at radius 1 is 1.14 bits per heavy atom. The molecule has 1 rings (SSSR count). The van der Waals surface area contributed by atoms with Gasteiger partial charge in [-0.3, -0.25) is 4.79 Å². The van der Waals surface area contributed by atoms with Crippen molar-refractivity contribution >= 4 is 15.9 Å². The average molecular weight is 327 g/mol. The molecule has 1 aromatic rings. The zero-order valence-corrected chi connectivity index (χ0v) is 14.6. The molecule has 0 aliphatic heterocycles. The summed E-state index contributed by atoms with van der Waals surface area (Å²) in [5.74, 6) is -0.0614. The molecule has 0 fully saturated rings. The van der Waals surface area contributed by atoms with Gasteiger partial charge in [0.25, 0.3) is 0 Å². The molecule has 0 heterocycles. The molecule has 1 amide bonds. The SMILES string of the molecule is CC(C)NC(=O)CN[C@@H](C)c1ccc(S(=O)(=O)N(C)C)cc1. The van der Waals surface area contributed by atoms with Crippen LogP contribution in [0.1, 0.15) is 32.4 Å². The summed E-state index contributed by atoms with van der Waals surface area (Å²) in [6, 6.07) is 6.74. The summed E-state index contributed by atoms with van der Waals surface area (Å²) < 4.78 is 25.2. The molecule has 0 aromatic heterocycles. The zero-order valence-electron chi connectivity index (χ0n) is 13.8. The minimum atomic E-state index is -3.41. The zero-order chi connectivity index (χ0) is 16.9. The van der Waals surface area contributed by atoms with Gasteiger partial charge in [-0.05, 0) is 38.5 Å². The lowest BCUT2D eigenvalue weighted by molar-refractivity contribution is -0.120. The van der Waals surface area contributed by atoms with Gasteiger partial charge in [0.2, 0.25) is 15.9 Å². The Labute approximate surface area is 132 Å². The lowest BCUT2D eigenvalue weighted by Crippen LogP contribution is -2.38. The van der Waals surface area contributed by atoms with E-state index < -0.39 is 10.0 Å². The predicted octanol–water partition coefficient (Wildman–Crippen LogP) is 1.11. The monoisotopic (exact) mass is 327 g/mol. The molecule has 0 aliphatic rings. The van der Waals surface area contributed by atoms with Crippen molar-refractivity contribution in [3.8, 4) is 0 Å². The van der Waals surface area contributed by atoms with E-state index in [-0.39, 0.29) is 29.4 Å². The molecule has 22 heavy (non-hydrogen) atoms. The van der Waals surface area contributed by atoms with E-state index in [4.69, 9.17) is 0 Å². The van der Waals surface area contributed by atoms with Crippen molar-refractivity contribution < 1.29 is 13.2 Å². The molecule has 0 aliphatic carbocycles. The summed E-state index contributed by atoms with van der Waals surface area (Å²) >= 11 is 0. The third-order valence-electron chi connectivity index (χ3n) is 3.18. The molecule has 0 radical (unpaired) electrons. The van der Waals surface area contributed by atoms with Gasteiger partial charge in [-0.2, -0.15) is 0 Å². The second-order valence-corrected chi connectivity index (χ2v) is 7.83. The highest BCUT2D eigenvalue weighted by Gasteiger charge is 2.17. The molecule has 0 spiro atoms. The Balaban J connectivity index is 2.69. The fourth-order valence-corrected chi connectivity index (χ4v) is 2.78. The first-order valence-corrected chi connectivity index (χ1v) is 8.64. The number of hydrogen-bond acceptors (Lipinski definition) is 4. The maximum Gasteiger partial charge on any atom is 0.242 e. The van der Waals surface area contributed by atoms with E-state index in [0.29, 0.717) is 0 Å². The predicted molar refractivity (Wildman–Crippen MR) is 87.0 cm³/mol. The van der Waals surface area contributed by atoms with Gasteiger partial charge in [0.15, 0.2) is 0 Å². The molecule has 1 atom stereocenters. The Morgan fingerprint density at radius 3 is 2.14 bits per heavy atom. The summed E-state index contributed by atoms with van der Waals surface area (Å²) in [5.41, 5.74) is 0.926. The second-order valence-electron chi connectivity index (χ2n) is 5.68. The highest BCUT2D eigenvalue weighted by atomic mass is 32.2. The lowest BCUT2D eigenvalue weighted by Gasteiger charge is -2.16. The molecular formula is C15H25N3O3S. The van der Waals surface area contributed by atoms with Crippen LogP contribution in [0.3, 0.4) is 0 Å². The van der Waals surface area contributed by atoms with E-state index in [1.807, 2.05) is 20.8 Å². The molecule has 2 N–H and O–H groups in total.